The minimum absolute atomic E-state index is 0.358. The number of benzene rings is 1. The van der Waals surface area contributed by atoms with Gasteiger partial charge in [-0.1, -0.05) is 29.8 Å². The Kier molecular flexibility index (Phi) is 2.81. The summed E-state index contributed by atoms with van der Waals surface area (Å²) < 4.78 is 5.32. The lowest BCUT2D eigenvalue weighted by Crippen LogP contribution is -2.10. The van der Waals surface area contributed by atoms with Crippen LogP contribution >= 0.6 is 0 Å². The Morgan fingerprint density at radius 1 is 1.33 bits per heavy atom. The molecule has 1 aromatic carbocycles. The minimum Gasteiger partial charge on any atom is -0.334 e. The average Bonchev–Trinajstić information content (AvgIpc) is 2.77. The van der Waals surface area contributed by atoms with Crippen LogP contribution in [0.25, 0.3) is 11.5 Å². The molecule has 4 heteroatoms. The number of aromatic nitrogens is 2. The van der Waals surface area contributed by atoms with Crippen LogP contribution in [-0.4, -0.2) is 10.1 Å². The molecule has 0 atom stereocenters. The van der Waals surface area contributed by atoms with Crippen LogP contribution in [0.1, 0.15) is 36.6 Å². The molecule has 18 heavy (non-hydrogen) atoms. The van der Waals surface area contributed by atoms with Crippen LogP contribution in [0.5, 0.6) is 0 Å². The van der Waals surface area contributed by atoms with Gasteiger partial charge in [-0.25, -0.2) is 0 Å². The van der Waals surface area contributed by atoms with E-state index >= 15 is 0 Å². The van der Waals surface area contributed by atoms with Gasteiger partial charge < -0.3 is 4.52 Å². The van der Waals surface area contributed by atoms with Crippen molar-refractivity contribution in [3.63, 3.8) is 0 Å². The summed E-state index contributed by atoms with van der Waals surface area (Å²) in [5, 5.41) is 12.9. The second kappa shape index (κ2) is 4.61. The molecule has 1 aliphatic rings. The van der Waals surface area contributed by atoms with Gasteiger partial charge in [-0.2, -0.15) is 10.2 Å². The number of hydrogen-bond donors (Lipinski definition) is 0. The highest BCUT2D eigenvalue weighted by atomic mass is 16.5. The van der Waals surface area contributed by atoms with E-state index in [4.69, 9.17) is 9.78 Å². The van der Waals surface area contributed by atoms with Crippen molar-refractivity contribution in [2.75, 3.05) is 0 Å². The molecule has 0 spiro atoms. The molecule has 1 aromatic heterocycles. The molecule has 1 fully saturated rings. The first-order chi connectivity index (χ1) is 8.88. The van der Waals surface area contributed by atoms with Gasteiger partial charge >= 0.3 is 0 Å². The average molecular weight is 239 g/mol. The summed E-state index contributed by atoms with van der Waals surface area (Å²) in [6.45, 7) is 0. The molecule has 90 valence electrons. The third-order valence-corrected chi connectivity index (χ3v) is 3.43. The van der Waals surface area contributed by atoms with Crippen LogP contribution < -0.4 is 0 Å². The Bertz CT molecular complexity index is 593. The minimum atomic E-state index is 0.358. The normalized spacial score (nSPS) is 15.1. The van der Waals surface area contributed by atoms with Gasteiger partial charge in [0, 0.05) is 11.5 Å². The van der Waals surface area contributed by atoms with Gasteiger partial charge in [0.05, 0.1) is 12.5 Å². The lowest BCUT2D eigenvalue weighted by molar-refractivity contribution is 0.366. The van der Waals surface area contributed by atoms with Crippen LogP contribution in [0.15, 0.2) is 28.8 Å². The molecule has 0 saturated heterocycles. The van der Waals surface area contributed by atoms with Crippen molar-refractivity contribution in [2.24, 2.45) is 0 Å². The van der Waals surface area contributed by atoms with E-state index in [1.54, 1.807) is 0 Å². The molecule has 0 amide bonds. The maximum absolute atomic E-state index is 8.82. The first-order valence-corrected chi connectivity index (χ1v) is 6.17. The summed E-state index contributed by atoms with van der Waals surface area (Å²) in [5.74, 6) is 1.80. The number of nitrogens with zero attached hydrogens (tertiary/aromatic N) is 3. The highest BCUT2D eigenvalue weighted by molar-refractivity contribution is 5.59. The molecule has 2 aromatic rings. The Morgan fingerprint density at radius 2 is 2.17 bits per heavy atom. The van der Waals surface area contributed by atoms with Crippen LogP contribution in [0, 0.1) is 11.3 Å². The summed E-state index contributed by atoms with van der Waals surface area (Å²) in [6.07, 6.45) is 3.91. The van der Waals surface area contributed by atoms with Gasteiger partial charge in [-0.15, -0.1) is 0 Å². The third kappa shape index (κ3) is 1.88. The second-order valence-corrected chi connectivity index (χ2v) is 4.58. The fourth-order valence-corrected chi connectivity index (χ4v) is 2.14. The van der Waals surface area contributed by atoms with Crippen LogP contribution in [0.3, 0.4) is 0 Å². The van der Waals surface area contributed by atoms with Gasteiger partial charge in [0.25, 0.3) is 5.89 Å². The predicted molar refractivity (Wildman–Crippen MR) is 65.6 cm³/mol. The first-order valence-electron chi connectivity index (χ1n) is 6.17. The zero-order valence-electron chi connectivity index (χ0n) is 9.97. The molecule has 0 radical (unpaired) electrons. The molecule has 1 saturated carbocycles. The summed E-state index contributed by atoms with van der Waals surface area (Å²) in [6, 6.07) is 9.84. The fourth-order valence-electron chi connectivity index (χ4n) is 2.14. The van der Waals surface area contributed by atoms with Gasteiger partial charge in [-0.05, 0) is 24.5 Å². The Hall–Kier alpha value is -2.15. The van der Waals surface area contributed by atoms with Crippen molar-refractivity contribution in [1.82, 2.24) is 10.1 Å². The van der Waals surface area contributed by atoms with Crippen molar-refractivity contribution in [3.8, 4) is 17.5 Å². The van der Waals surface area contributed by atoms with Crippen LogP contribution in [0.2, 0.25) is 0 Å². The zero-order valence-corrected chi connectivity index (χ0v) is 9.97. The van der Waals surface area contributed by atoms with Crippen molar-refractivity contribution in [2.45, 2.75) is 31.6 Å². The van der Waals surface area contributed by atoms with E-state index in [9.17, 15) is 0 Å². The van der Waals surface area contributed by atoms with E-state index in [1.807, 2.05) is 24.3 Å². The lowest BCUT2D eigenvalue weighted by Gasteiger charge is -2.20. The number of rotatable bonds is 3. The molecule has 1 heterocycles. The van der Waals surface area contributed by atoms with E-state index < -0.39 is 0 Å². The topological polar surface area (TPSA) is 62.7 Å². The molecular formula is C14H13N3O. The Labute approximate surface area is 105 Å². The lowest BCUT2D eigenvalue weighted by atomic mass is 9.85. The standard InChI is InChI=1S/C14H13N3O/c15-9-8-10-4-1-2-7-12(10)14-16-13(17-18-14)11-5-3-6-11/h1-2,4,7,11H,3,5-6,8H2. The Morgan fingerprint density at radius 3 is 2.89 bits per heavy atom. The van der Waals surface area contributed by atoms with E-state index in [0.29, 0.717) is 18.2 Å². The monoisotopic (exact) mass is 239 g/mol. The molecule has 0 bridgehead atoms. The molecule has 0 N–H and O–H groups in total. The quantitative estimate of drug-likeness (QED) is 0.825. The smallest absolute Gasteiger partial charge is 0.258 e. The molecule has 1 aliphatic carbocycles. The van der Waals surface area contributed by atoms with Crippen LogP contribution in [0.4, 0.5) is 0 Å². The summed E-state index contributed by atoms with van der Waals surface area (Å²) in [4.78, 5) is 4.46. The maximum Gasteiger partial charge on any atom is 0.258 e. The number of nitriles is 1. The predicted octanol–water partition coefficient (Wildman–Crippen LogP) is 3.07. The summed E-state index contributed by atoms with van der Waals surface area (Å²) >= 11 is 0. The number of hydrogen-bond acceptors (Lipinski definition) is 4. The SMILES string of the molecule is N#CCc1ccccc1-c1nc(C2CCC2)no1. The van der Waals surface area contributed by atoms with E-state index in [0.717, 1.165) is 29.8 Å². The molecular weight excluding hydrogens is 226 g/mol. The highest BCUT2D eigenvalue weighted by Gasteiger charge is 2.25. The zero-order chi connectivity index (χ0) is 12.4. The van der Waals surface area contributed by atoms with Gasteiger partial charge in [0.2, 0.25) is 0 Å². The van der Waals surface area contributed by atoms with E-state index in [-0.39, 0.29) is 0 Å². The van der Waals surface area contributed by atoms with Crippen molar-refractivity contribution < 1.29 is 4.52 Å². The fraction of sp³-hybridized carbons (Fsp3) is 0.357. The third-order valence-electron chi connectivity index (χ3n) is 3.43. The maximum atomic E-state index is 8.82. The summed E-state index contributed by atoms with van der Waals surface area (Å²) in [7, 11) is 0. The van der Waals surface area contributed by atoms with Crippen molar-refractivity contribution >= 4 is 0 Å². The molecule has 4 nitrogen and oxygen atoms in total. The Balaban J connectivity index is 1.94. The van der Waals surface area contributed by atoms with Crippen molar-refractivity contribution in [1.29, 1.82) is 5.26 Å². The van der Waals surface area contributed by atoms with Gasteiger partial charge in [0.15, 0.2) is 5.82 Å². The highest BCUT2D eigenvalue weighted by Crippen LogP contribution is 2.35. The first kappa shape index (κ1) is 11.0. The van der Waals surface area contributed by atoms with Crippen molar-refractivity contribution in [3.05, 3.63) is 35.7 Å². The second-order valence-electron chi connectivity index (χ2n) is 4.58. The van der Waals surface area contributed by atoms with Gasteiger partial charge in [0.1, 0.15) is 0 Å². The molecule has 0 unspecified atom stereocenters. The molecule has 3 rings (SSSR count). The van der Waals surface area contributed by atoms with E-state index in [2.05, 4.69) is 16.2 Å². The molecule has 0 aliphatic heterocycles. The van der Waals surface area contributed by atoms with Crippen LogP contribution in [-0.2, 0) is 6.42 Å². The largest absolute Gasteiger partial charge is 0.334 e. The van der Waals surface area contributed by atoms with E-state index in [1.165, 1.54) is 6.42 Å². The summed E-state index contributed by atoms with van der Waals surface area (Å²) in [5.41, 5.74) is 1.81. The van der Waals surface area contributed by atoms with Gasteiger partial charge in [-0.3, -0.25) is 0 Å².